The van der Waals surface area contributed by atoms with E-state index in [9.17, 15) is 4.79 Å². The molecule has 0 aliphatic rings. The van der Waals surface area contributed by atoms with E-state index in [1.165, 1.54) is 0 Å². The molecular weight excluding hydrogens is 192 g/mol. The van der Waals surface area contributed by atoms with Crippen molar-refractivity contribution in [2.24, 2.45) is 5.92 Å². The molecule has 15 heavy (non-hydrogen) atoms. The van der Waals surface area contributed by atoms with Gasteiger partial charge in [-0.15, -0.1) is 0 Å². The quantitative estimate of drug-likeness (QED) is 0.714. The predicted molar refractivity (Wildman–Crippen MR) is 57.8 cm³/mol. The van der Waals surface area contributed by atoms with Gasteiger partial charge in [0.2, 0.25) is 0 Å². The maximum Gasteiger partial charge on any atom is 0.356 e. The summed E-state index contributed by atoms with van der Waals surface area (Å²) in [6.07, 6.45) is 0. The molecule has 0 unspecified atom stereocenters. The van der Waals surface area contributed by atoms with E-state index in [4.69, 9.17) is 4.74 Å². The minimum absolute atomic E-state index is 0.293. The van der Waals surface area contributed by atoms with Gasteiger partial charge in [0, 0.05) is 6.54 Å². The Balaban J connectivity index is 2.90. The maximum absolute atomic E-state index is 11.6. The summed E-state index contributed by atoms with van der Waals surface area (Å²) in [6, 6.07) is 1.76. The van der Waals surface area contributed by atoms with Gasteiger partial charge in [0.15, 0.2) is 0 Å². The second kappa shape index (κ2) is 4.96. The first-order valence-electron chi connectivity index (χ1n) is 5.26. The fourth-order valence-corrected chi connectivity index (χ4v) is 1.40. The minimum atomic E-state index is -0.293. The predicted octanol–water partition coefficient (Wildman–Crippen LogP) is 2.02. The van der Waals surface area contributed by atoms with Gasteiger partial charge in [0.05, 0.1) is 12.3 Å². The van der Waals surface area contributed by atoms with Crippen molar-refractivity contribution in [2.45, 2.75) is 34.2 Å². The summed E-state index contributed by atoms with van der Waals surface area (Å²) >= 11 is 0. The number of hydrogen-bond donors (Lipinski definition) is 0. The molecule has 0 bridgehead atoms. The van der Waals surface area contributed by atoms with Gasteiger partial charge in [-0.1, -0.05) is 13.8 Å². The second-order valence-electron chi connectivity index (χ2n) is 3.97. The molecule has 0 N–H and O–H groups in total. The number of hydrogen-bond acceptors (Lipinski definition) is 3. The Bertz CT molecular complexity index is 342. The minimum Gasteiger partial charge on any atom is -0.461 e. The summed E-state index contributed by atoms with van der Waals surface area (Å²) in [4.78, 5) is 11.6. The van der Waals surface area contributed by atoms with Crippen molar-refractivity contribution < 1.29 is 9.53 Å². The molecule has 0 atom stereocenters. The molecule has 0 amide bonds. The maximum atomic E-state index is 11.6. The first kappa shape index (κ1) is 11.8. The zero-order chi connectivity index (χ0) is 11.4. The molecule has 0 saturated carbocycles. The summed E-state index contributed by atoms with van der Waals surface area (Å²) in [7, 11) is 0. The van der Waals surface area contributed by atoms with Crippen LogP contribution in [0.5, 0.6) is 0 Å². The third kappa shape index (κ3) is 3.08. The highest BCUT2D eigenvalue weighted by molar-refractivity contribution is 5.87. The molecular formula is C11H18N2O2. The molecule has 4 nitrogen and oxygen atoms in total. The number of aryl methyl sites for hydroxylation is 1. The third-order valence-corrected chi connectivity index (χ3v) is 1.92. The third-order valence-electron chi connectivity index (χ3n) is 1.92. The van der Waals surface area contributed by atoms with Crippen molar-refractivity contribution in [1.82, 2.24) is 9.78 Å². The SMILES string of the molecule is CCOC(=O)c1cc(C)nn1CC(C)C. The van der Waals surface area contributed by atoms with Gasteiger partial charge in [-0.05, 0) is 25.8 Å². The first-order chi connectivity index (χ1) is 7.04. The molecule has 1 heterocycles. The van der Waals surface area contributed by atoms with E-state index >= 15 is 0 Å². The van der Waals surface area contributed by atoms with E-state index in [2.05, 4.69) is 18.9 Å². The lowest BCUT2D eigenvalue weighted by atomic mass is 10.2. The van der Waals surface area contributed by atoms with Gasteiger partial charge in [-0.3, -0.25) is 4.68 Å². The highest BCUT2D eigenvalue weighted by Crippen LogP contribution is 2.08. The van der Waals surface area contributed by atoms with Crippen LogP contribution in [0.1, 0.15) is 37.0 Å². The van der Waals surface area contributed by atoms with Crippen molar-refractivity contribution in [1.29, 1.82) is 0 Å². The topological polar surface area (TPSA) is 44.1 Å². The summed E-state index contributed by atoms with van der Waals surface area (Å²) in [5.41, 5.74) is 1.39. The standard InChI is InChI=1S/C11H18N2O2/c1-5-15-11(14)10-6-9(4)12-13(10)7-8(2)3/h6,8H,5,7H2,1-4H3. The van der Waals surface area contributed by atoms with Crippen LogP contribution < -0.4 is 0 Å². The molecule has 1 rings (SSSR count). The van der Waals surface area contributed by atoms with Crippen LogP contribution in [0.25, 0.3) is 0 Å². The Morgan fingerprint density at radius 1 is 1.60 bits per heavy atom. The van der Waals surface area contributed by atoms with Gasteiger partial charge in [0.1, 0.15) is 5.69 Å². The molecule has 0 saturated heterocycles. The van der Waals surface area contributed by atoms with Crippen molar-refractivity contribution in [2.75, 3.05) is 6.61 Å². The number of rotatable bonds is 4. The number of ether oxygens (including phenoxy) is 1. The fourth-order valence-electron chi connectivity index (χ4n) is 1.40. The zero-order valence-electron chi connectivity index (χ0n) is 9.78. The molecule has 0 spiro atoms. The van der Waals surface area contributed by atoms with Crippen molar-refractivity contribution >= 4 is 5.97 Å². The number of carbonyl (C=O) groups is 1. The monoisotopic (exact) mass is 210 g/mol. The molecule has 4 heteroatoms. The number of carbonyl (C=O) groups excluding carboxylic acids is 1. The van der Waals surface area contributed by atoms with Crippen molar-refractivity contribution in [3.05, 3.63) is 17.5 Å². The van der Waals surface area contributed by atoms with Gasteiger partial charge in [-0.2, -0.15) is 5.10 Å². The van der Waals surface area contributed by atoms with E-state index in [0.29, 0.717) is 18.2 Å². The average molecular weight is 210 g/mol. The lowest BCUT2D eigenvalue weighted by molar-refractivity contribution is 0.0511. The molecule has 0 aliphatic heterocycles. The average Bonchev–Trinajstić information content (AvgIpc) is 2.46. The normalized spacial score (nSPS) is 10.7. The smallest absolute Gasteiger partial charge is 0.356 e. The van der Waals surface area contributed by atoms with Gasteiger partial charge in [-0.25, -0.2) is 4.79 Å². The number of nitrogens with zero attached hydrogens (tertiary/aromatic N) is 2. The number of aromatic nitrogens is 2. The molecule has 0 aliphatic carbocycles. The zero-order valence-corrected chi connectivity index (χ0v) is 9.78. The molecule has 1 aromatic heterocycles. The van der Waals surface area contributed by atoms with E-state index < -0.39 is 0 Å². The summed E-state index contributed by atoms with van der Waals surface area (Å²) < 4.78 is 6.68. The van der Waals surface area contributed by atoms with Crippen LogP contribution in [0.4, 0.5) is 0 Å². The molecule has 1 aromatic rings. The summed E-state index contributed by atoms with van der Waals surface area (Å²) in [6.45, 7) is 8.98. The molecule has 84 valence electrons. The Labute approximate surface area is 90.2 Å². The van der Waals surface area contributed by atoms with Crippen LogP contribution in [0.2, 0.25) is 0 Å². The van der Waals surface area contributed by atoms with Gasteiger partial charge >= 0.3 is 5.97 Å². The van der Waals surface area contributed by atoms with Crippen LogP contribution in [-0.4, -0.2) is 22.4 Å². The molecule has 0 radical (unpaired) electrons. The van der Waals surface area contributed by atoms with Crippen LogP contribution in [0, 0.1) is 12.8 Å². The lowest BCUT2D eigenvalue weighted by Crippen LogP contribution is -2.15. The Hall–Kier alpha value is -1.32. The van der Waals surface area contributed by atoms with E-state index in [1.807, 2.05) is 6.92 Å². The molecule has 0 aromatic carbocycles. The van der Waals surface area contributed by atoms with Crippen LogP contribution in [0.3, 0.4) is 0 Å². The van der Waals surface area contributed by atoms with E-state index in [-0.39, 0.29) is 5.97 Å². The number of esters is 1. The highest BCUT2D eigenvalue weighted by atomic mass is 16.5. The lowest BCUT2D eigenvalue weighted by Gasteiger charge is -2.08. The van der Waals surface area contributed by atoms with E-state index in [1.54, 1.807) is 17.7 Å². The van der Waals surface area contributed by atoms with Crippen molar-refractivity contribution in [3.63, 3.8) is 0 Å². The second-order valence-corrected chi connectivity index (χ2v) is 3.97. The highest BCUT2D eigenvalue weighted by Gasteiger charge is 2.15. The molecule has 0 fully saturated rings. The summed E-state index contributed by atoms with van der Waals surface area (Å²) in [5.74, 6) is 0.163. The van der Waals surface area contributed by atoms with Gasteiger partial charge < -0.3 is 4.74 Å². The van der Waals surface area contributed by atoms with Crippen LogP contribution in [-0.2, 0) is 11.3 Å². The largest absolute Gasteiger partial charge is 0.461 e. The van der Waals surface area contributed by atoms with Crippen LogP contribution in [0.15, 0.2) is 6.07 Å². The summed E-state index contributed by atoms with van der Waals surface area (Å²) in [5, 5.41) is 4.27. The Morgan fingerprint density at radius 2 is 2.27 bits per heavy atom. The fraction of sp³-hybridized carbons (Fsp3) is 0.636. The van der Waals surface area contributed by atoms with Crippen molar-refractivity contribution in [3.8, 4) is 0 Å². The Morgan fingerprint density at radius 3 is 2.80 bits per heavy atom. The Kier molecular flexibility index (Phi) is 3.88. The van der Waals surface area contributed by atoms with E-state index in [0.717, 1.165) is 12.2 Å². The van der Waals surface area contributed by atoms with Gasteiger partial charge in [0.25, 0.3) is 0 Å². The van der Waals surface area contributed by atoms with Crippen LogP contribution >= 0.6 is 0 Å². The first-order valence-corrected chi connectivity index (χ1v) is 5.26.